The predicted octanol–water partition coefficient (Wildman–Crippen LogP) is -0.0937. The quantitative estimate of drug-likeness (QED) is 0.417. The zero-order valence-electron chi connectivity index (χ0n) is 3.89. The first-order valence-electron chi connectivity index (χ1n) is 2.21. The van der Waals surface area contributed by atoms with Crippen molar-refractivity contribution in [2.24, 2.45) is 0 Å². The van der Waals surface area contributed by atoms with Crippen molar-refractivity contribution in [3.05, 3.63) is 12.4 Å². The molecule has 1 heterocycles. The van der Waals surface area contributed by atoms with Gasteiger partial charge in [-0.15, -0.1) is 0 Å². The number of hydrogen-bond donors (Lipinski definition) is 3. The van der Waals surface area contributed by atoms with Crippen LogP contribution in [0.4, 0.5) is 0 Å². The monoisotopic (exact) mass is 116 g/mol. The number of nitrogens with one attached hydrogen (secondary N) is 2. The van der Waals surface area contributed by atoms with Gasteiger partial charge in [0.05, 0.1) is 0 Å². The molecule has 0 spiro atoms. The minimum Gasteiger partial charge on any atom is -0.370 e. The van der Waals surface area contributed by atoms with Crippen LogP contribution in [0.3, 0.4) is 0 Å². The molecule has 1 rings (SSSR count). The van der Waals surface area contributed by atoms with Gasteiger partial charge < -0.3 is 10.6 Å². The molecule has 0 atom stereocenters. The fraction of sp³-hybridized carbons (Fsp3) is 0.500. The van der Waals surface area contributed by atoms with Gasteiger partial charge in [-0.1, -0.05) is 0 Å². The summed E-state index contributed by atoms with van der Waals surface area (Å²) in [7, 11) is 0. The fourth-order valence-corrected chi connectivity index (χ4v) is 0.693. The topological polar surface area (TPSA) is 24.1 Å². The molecule has 1 aliphatic heterocycles. The molecule has 0 amide bonds. The van der Waals surface area contributed by atoms with E-state index in [2.05, 4.69) is 23.3 Å². The highest BCUT2D eigenvalue weighted by molar-refractivity contribution is 7.80. The molecule has 3 heteroatoms. The molecule has 0 unspecified atom stereocenters. The molecule has 0 fully saturated rings. The van der Waals surface area contributed by atoms with E-state index in [1.165, 1.54) is 0 Å². The maximum atomic E-state index is 4.05. The molecule has 0 bridgehead atoms. The summed E-state index contributed by atoms with van der Waals surface area (Å²) in [6.07, 6.45) is 4.10. The summed E-state index contributed by atoms with van der Waals surface area (Å²) in [5.74, 6) is 0.826. The van der Waals surface area contributed by atoms with Crippen molar-refractivity contribution in [3.63, 3.8) is 0 Å². The Morgan fingerprint density at radius 1 is 1.43 bits per heavy atom. The van der Waals surface area contributed by atoms with Crippen LogP contribution in [0.2, 0.25) is 0 Å². The largest absolute Gasteiger partial charge is 0.370 e. The molecule has 0 radical (unpaired) electrons. The van der Waals surface area contributed by atoms with Gasteiger partial charge in [0.15, 0.2) is 0 Å². The molecule has 2 nitrogen and oxygen atoms in total. The Labute approximate surface area is 48.4 Å². The van der Waals surface area contributed by atoms with Crippen LogP contribution in [0, 0.1) is 0 Å². The van der Waals surface area contributed by atoms with E-state index < -0.39 is 0 Å². The molecule has 0 saturated carbocycles. The van der Waals surface area contributed by atoms with Gasteiger partial charge in [0, 0.05) is 18.2 Å². The van der Waals surface area contributed by atoms with Gasteiger partial charge in [0.1, 0.15) is 6.17 Å². The van der Waals surface area contributed by atoms with Crippen molar-refractivity contribution >= 4 is 12.6 Å². The van der Waals surface area contributed by atoms with Crippen molar-refractivity contribution in [2.45, 2.75) is 6.17 Å². The first-order chi connectivity index (χ1) is 3.43. The van der Waals surface area contributed by atoms with Crippen LogP contribution >= 0.6 is 12.6 Å². The fourth-order valence-electron chi connectivity index (χ4n) is 0.482. The van der Waals surface area contributed by atoms with Crippen molar-refractivity contribution in [3.8, 4) is 0 Å². The van der Waals surface area contributed by atoms with Crippen LogP contribution < -0.4 is 10.6 Å². The van der Waals surface area contributed by atoms with Crippen LogP contribution in [0.5, 0.6) is 0 Å². The highest BCUT2D eigenvalue weighted by atomic mass is 32.1. The summed E-state index contributed by atoms with van der Waals surface area (Å²) in [4.78, 5) is 0. The smallest absolute Gasteiger partial charge is 0.105 e. The molecule has 40 valence electrons. The van der Waals surface area contributed by atoms with Crippen LogP contribution in [-0.2, 0) is 0 Å². The zero-order valence-corrected chi connectivity index (χ0v) is 4.78. The Balaban J connectivity index is 2.22. The summed E-state index contributed by atoms with van der Waals surface area (Å²) in [5, 5.41) is 6.08. The molecular weight excluding hydrogens is 108 g/mol. The lowest BCUT2D eigenvalue weighted by molar-refractivity contribution is 0.636. The van der Waals surface area contributed by atoms with Crippen molar-refractivity contribution < 1.29 is 0 Å². The van der Waals surface area contributed by atoms with E-state index in [1.807, 2.05) is 12.4 Å². The Morgan fingerprint density at radius 2 is 2.00 bits per heavy atom. The molecule has 1 aliphatic rings. The maximum absolute atomic E-state index is 4.05. The Hall–Kier alpha value is -0.310. The molecule has 0 saturated heterocycles. The van der Waals surface area contributed by atoms with Gasteiger partial charge >= 0.3 is 0 Å². The lowest BCUT2D eigenvalue weighted by Gasteiger charge is -2.05. The first-order valence-corrected chi connectivity index (χ1v) is 2.84. The Bertz CT molecular complexity index is 73.8. The number of thiol groups is 1. The third kappa shape index (κ3) is 1.03. The van der Waals surface area contributed by atoms with E-state index in [1.54, 1.807) is 0 Å². The second-order valence-electron chi connectivity index (χ2n) is 1.40. The summed E-state index contributed by atoms with van der Waals surface area (Å²) in [5.41, 5.74) is 0. The van der Waals surface area contributed by atoms with Crippen LogP contribution in [0.1, 0.15) is 0 Å². The minimum atomic E-state index is 0.350. The summed E-state index contributed by atoms with van der Waals surface area (Å²) >= 11 is 4.05. The van der Waals surface area contributed by atoms with E-state index in [4.69, 9.17) is 0 Å². The molecule has 0 aromatic heterocycles. The number of hydrogen-bond acceptors (Lipinski definition) is 3. The molecular formula is C4H8N2S. The van der Waals surface area contributed by atoms with Crippen LogP contribution in [-0.4, -0.2) is 11.9 Å². The summed E-state index contributed by atoms with van der Waals surface area (Å²) < 4.78 is 0. The average Bonchev–Trinajstić information content (AvgIpc) is 2.14. The Morgan fingerprint density at radius 3 is 2.29 bits per heavy atom. The molecule has 0 aliphatic carbocycles. The average molecular weight is 116 g/mol. The van der Waals surface area contributed by atoms with Crippen LogP contribution in [0.25, 0.3) is 0 Å². The maximum Gasteiger partial charge on any atom is 0.105 e. The lowest BCUT2D eigenvalue weighted by Crippen LogP contribution is -2.32. The minimum absolute atomic E-state index is 0.350. The molecule has 2 N–H and O–H groups in total. The van der Waals surface area contributed by atoms with E-state index in [0.717, 1.165) is 5.75 Å². The predicted molar refractivity (Wildman–Crippen MR) is 33.1 cm³/mol. The highest BCUT2D eigenvalue weighted by Crippen LogP contribution is 1.87. The van der Waals surface area contributed by atoms with E-state index in [9.17, 15) is 0 Å². The van der Waals surface area contributed by atoms with E-state index in [-0.39, 0.29) is 0 Å². The first kappa shape index (κ1) is 4.84. The summed E-state index contributed by atoms with van der Waals surface area (Å²) in [6.45, 7) is 0. The van der Waals surface area contributed by atoms with E-state index in [0.29, 0.717) is 6.17 Å². The van der Waals surface area contributed by atoms with Crippen molar-refractivity contribution in [2.75, 3.05) is 5.75 Å². The van der Waals surface area contributed by atoms with Gasteiger partial charge in [-0.2, -0.15) is 12.6 Å². The third-order valence-corrected chi connectivity index (χ3v) is 1.23. The molecule has 0 aromatic carbocycles. The highest BCUT2D eigenvalue weighted by Gasteiger charge is 2.01. The molecule has 0 aromatic rings. The van der Waals surface area contributed by atoms with Gasteiger partial charge in [-0.25, -0.2) is 0 Å². The molecule has 7 heavy (non-hydrogen) atoms. The van der Waals surface area contributed by atoms with Gasteiger partial charge in [-0.3, -0.25) is 0 Å². The normalized spacial score (nSPS) is 19.0. The van der Waals surface area contributed by atoms with Gasteiger partial charge in [0.25, 0.3) is 0 Å². The standard InChI is InChI=1S/C4H8N2S/c7-3-4-5-1-2-6-4/h1-2,4-7H,3H2. The second-order valence-corrected chi connectivity index (χ2v) is 1.77. The SMILES string of the molecule is SCC1NC=CN1. The van der Waals surface area contributed by atoms with Gasteiger partial charge in [0.2, 0.25) is 0 Å². The van der Waals surface area contributed by atoms with E-state index >= 15 is 0 Å². The zero-order chi connectivity index (χ0) is 5.11. The lowest BCUT2D eigenvalue weighted by atomic mass is 10.6. The number of rotatable bonds is 1. The summed E-state index contributed by atoms with van der Waals surface area (Å²) in [6, 6.07) is 0. The third-order valence-electron chi connectivity index (χ3n) is 0.861. The Kier molecular flexibility index (Phi) is 1.46. The van der Waals surface area contributed by atoms with Crippen molar-refractivity contribution in [1.29, 1.82) is 0 Å². The second kappa shape index (κ2) is 2.12. The van der Waals surface area contributed by atoms with Gasteiger partial charge in [-0.05, 0) is 0 Å². The van der Waals surface area contributed by atoms with Crippen molar-refractivity contribution in [1.82, 2.24) is 10.6 Å². The van der Waals surface area contributed by atoms with Crippen LogP contribution in [0.15, 0.2) is 12.4 Å².